The molecule has 0 atom stereocenters. The Morgan fingerprint density at radius 2 is 1.97 bits per heavy atom. The van der Waals surface area contributed by atoms with E-state index in [9.17, 15) is 4.79 Å². The third-order valence-corrected chi connectivity index (χ3v) is 5.82. The van der Waals surface area contributed by atoms with Crippen LogP contribution in [-0.2, 0) is 4.74 Å². The van der Waals surface area contributed by atoms with Crippen molar-refractivity contribution in [2.75, 3.05) is 12.4 Å². The Balaban J connectivity index is 1.43. The van der Waals surface area contributed by atoms with Gasteiger partial charge in [0.15, 0.2) is 0 Å². The summed E-state index contributed by atoms with van der Waals surface area (Å²) in [6, 6.07) is 13.2. The summed E-state index contributed by atoms with van der Waals surface area (Å²) < 4.78 is 7.30. The first-order chi connectivity index (χ1) is 16.1. The van der Waals surface area contributed by atoms with Crippen molar-refractivity contribution < 1.29 is 9.53 Å². The lowest BCUT2D eigenvalue weighted by Gasteiger charge is -2.34. The average molecular weight is 441 g/mol. The van der Waals surface area contributed by atoms with Gasteiger partial charge < -0.3 is 10.1 Å². The molecule has 1 aliphatic carbocycles. The van der Waals surface area contributed by atoms with Crippen LogP contribution in [0.25, 0.3) is 22.6 Å². The predicted octanol–water partition coefficient (Wildman–Crippen LogP) is 4.31. The normalized spacial score (nSPS) is 17.4. The van der Waals surface area contributed by atoms with E-state index in [4.69, 9.17) is 9.84 Å². The molecule has 4 aromatic rings. The van der Waals surface area contributed by atoms with E-state index in [1.54, 1.807) is 31.8 Å². The summed E-state index contributed by atoms with van der Waals surface area (Å²) in [5, 5.41) is 7.74. The van der Waals surface area contributed by atoms with Crippen LogP contribution in [0, 0.1) is 6.92 Å². The molecule has 166 valence electrons. The van der Waals surface area contributed by atoms with Gasteiger partial charge >= 0.3 is 0 Å². The molecular weight excluding hydrogens is 416 g/mol. The number of carbonyl (C=O) groups is 1. The summed E-state index contributed by atoms with van der Waals surface area (Å²) in [5.74, 6) is -0.308. The maximum absolute atomic E-state index is 13.1. The second-order valence-corrected chi connectivity index (χ2v) is 8.18. The summed E-state index contributed by atoms with van der Waals surface area (Å²) in [5.41, 5.74) is 4.83. The van der Waals surface area contributed by atoms with Gasteiger partial charge in [0.05, 0.1) is 29.2 Å². The molecule has 0 saturated heterocycles. The van der Waals surface area contributed by atoms with Crippen molar-refractivity contribution >= 4 is 11.6 Å². The molecule has 1 fully saturated rings. The highest BCUT2D eigenvalue weighted by Crippen LogP contribution is 2.36. The van der Waals surface area contributed by atoms with E-state index in [1.165, 1.54) is 0 Å². The molecule has 0 radical (unpaired) electrons. The van der Waals surface area contributed by atoms with Crippen LogP contribution < -0.4 is 5.32 Å². The molecule has 5 rings (SSSR count). The summed E-state index contributed by atoms with van der Waals surface area (Å²) in [6.45, 7) is 1.97. The molecule has 4 aromatic heterocycles. The van der Waals surface area contributed by atoms with Gasteiger partial charge in [-0.2, -0.15) is 5.10 Å². The molecule has 1 aliphatic rings. The van der Waals surface area contributed by atoms with E-state index in [-0.39, 0.29) is 18.1 Å². The zero-order valence-electron chi connectivity index (χ0n) is 18.5. The smallest absolute Gasteiger partial charge is 0.274 e. The lowest BCUT2D eigenvalue weighted by atomic mass is 9.89. The molecule has 8 nitrogen and oxygen atoms in total. The SMILES string of the molecule is COC1CC(n2cc(NC(=O)c3cccc(-c4cncc(C)c4)n3)c(-c3ccccn3)n2)C1. The lowest BCUT2D eigenvalue weighted by Crippen LogP contribution is -2.32. The number of hydrogen-bond donors (Lipinski definition) is 1. The van der Waals surface area contributed by atoms with E-state index in [0.717, 1.165) is 24.0 Å². The van der Waals surface area contributed by atoms with E-state index in [1.807, 2.05) is 54.2 Å². The highest BCUT2D eigenvalue weighted by molar-refractivity contribution is 6.04. The van der Waals surface area contributed by atoms with E-state index in [2.05, 4.69) is 20.3 Å². The fourth-order valence-electron chi connectivity index (χ4n) is 3.91. The van der Waals surface area contributed by atoms with Crippen molar-refractivity contribution in [1.82, 2.24) is 24.7 Å². The van der Waals surface area contributed by atoms with E-state index >= 15 is 0 Å². The van der Waals surface area contributed by atoms with Crippen LogP contribution in [-0.4, -0.2) is 43.9 Å². The van der Waals surface area contributed by atoms with Crippen molar-refractivity contribution in [3.05, 3.63) is 78.5 Å². The number of pyridine rings is 3. The topological polar surface area (TPSA) is 94.8 Å². The number of carbonyl (C=O) groups excluding carboxylic acids is 1. The van der Waals surface area contributed by atoms with Crippen LogP contribution in [0.4, 0.5) is 5.69 Å². The van der Waals surface area contributed by atoms with Gasteiger partial charge in [0, 0.05) is 37.5 Å². The Kier molecular flexibility index (Phi) is 5.66. The molecule has 4 heterocycles. The number of amides is 1. The minimum atomic E-state index is -0.308. The Morgan fingerprint density at radius 3 is 2.73 bits per heavy atom. The standard InChI is InChI=1S/C25H24N6O2/c1-16-10-17(14-26-13-16)20-7-5-8-22(28-20)25(32)29-23-15-31(18-11-19(12-18)33-2)30-24(23)21-6-3-4-9-27-21/h3-10,13-15,18-19H,11-12H2,1-2H3,(H,29,32). The highest BCUT2D eigenvalue weighted by Gasteiger charge is 2.32. The number of nitrogens with one attached hydrogen (secondary N) is 1. The molecule has 0 aliphatic heterocycles. The van der Waals surface area contributed by atoms with Crippen LogP contribution in [0.3, 0.4) is 0 Å². The van der Waals surface area contributed by atoms with Crippen molar-refractivity contribution in [1.29, 1.82) is 0 Å². The van der Waals surface area contributed by atoms with Gasteiger partial charge in [-0.3, -0.25) is 19.4 Å². The van der Waals surface area contributed by atoms with Crippen LogP contribution in [0.1, 0.15) is 34.9 Å². The number of hydrogen-bond acceptors (Lipinski definition) is 6. The van der Waals surface area contributed by atoms with Crippen molar-refractivity contribution in [3.8, 4) is 22.6 Å². The minimum absolute atomic E-state index is 0.235. The van der Waals surface area contributed by atoms with Gasteiger partial charge in [0.2, 0.25) is 0 Å². The summed E-state index contributed by atoms with van der Waals surface area (Å²) >= 11 is 0. The van der Waals surface area contributed by atoms with Crippen LogP contribution in [0.15, 0.2) is 67.3 Å². The third-order valence-electron chi connectivity index (χ3n) is 5.82. The first kappa shape index (κ1) is 21.0. The van der Waals surface area contributed by atoms with Crippen molar-refractivity contribution in [2.24, 2.45) is 0 Å². The second-order valence-electron chi connectivity index (χ2n) is 8.18. The number of aromatic nitrogens is 5. The minimum Gasteiger partial charge on any atom is -0.381 e. The molecule has 0 aromatic carbocycles. The molecule has 0 bridgehead atoms. The van der Waals surface area contributed by atoms with Crippen LogP contribution >= 0.6 is 0 Å². The maximum Gasteiger partial charge on any atom is 0.274 e. The number of ether oxygens (including phenoxy) is 1. The number of anilines is 1. The van der Waals surface area contributed by atoms with Gasteiger partial charge in [-0.25, -0.2) is 4.98 Å². The quantitative estimate of drug-likeness (QED) is 0.480. The Morgan fingerprint density at radius 1 is 1.12 bits per heavy atom. The molecule has 8 heteroatoms. The molecular formula is C25H24N6O2. The molecule has 1 N–H and O–H groups in total. The molecule has 0 unspecified atom stereocenters. The lowest BCUT2D eigenvalue weighted by molar-refractivity contribution is 0.00256. The van der Waals surface area contributed by atoms with Crippen LogP contribution in [0.5, 0.6) is 0 Å². The number of rotatable bonds is 6. The summed E-state index contributed by atoms with van der Waals surface area (Å²) in [6.07, 6.45) is 9.14. The maximum atomic E-state index is 13.1. The van der Waals surface area contributed by atoms with Gasteiger partial charge in [0.25, 0.3) is 5.91 Å². The van der Waals surface area contributed by atoms with Gasteiger partial charge in [-0.05, 0) is 55.7 Å². The average Bonchev–Trinajstić information content (AvgIpc) is 3.22. The first-order valence-corrected chi connectivity index (χ1v) is 10.8. The Bertz CT molecular complexity index is 1280. The van der Waals surface area contributed by atoms with Crippen LogP contribution in [0.2, 0.25) is 0 Å². The zero-order valence-corrected chi connectivity index (χ0v) is 18.5. The predicted molar refractivity (Wildman–Crippen MR) is 125 cm³/mol. The summed E-state index contributed by atoms with van der Waals surface area (Å²) in [7, 11) is 1.73. The second kappa shape index (κ2) is 8.91. The highest BCUT2D eigenvalue weighted by atomic mass is 16.5. The monoisotopic (exact) mass is 440 g/mol. The largest absolute Gasteiger partial charge is 0.381 e. The van der Waals surface area contributed by atoms with Gasteiger partial charge in [-0.15, -0.1) is 0 Å². The fraction of sp³-hybridized carbons (Fsp3) is 0.240. The van der Waals surface area contributed by atoms with Gasteiger partial charge in [0.1, 0.15) is 11.4 Å². The Hall–Kier alpha value is -3.91. The van der Waals surface area contributed by atoms with E-state index < -0.39 is 0 Å². The number of methoxy groups -OCH3 is 1. The third kappa shape index (κ3) is 4.38. The molecule has 1 amide bonds. The number of nitrogens with zero attached hydrogens (tertiary/aromatic N) is 5. The zero-order chi connectivity index (χ0) is 22.8. The summed E-state index contributed by atoms with van der Waals surface area (Å²) in [4.78, 5) is 26.4. The van der Waals surface area contributed by atoms with E-state index in [0.29, 0.717) is 28.5 Å². The first-order valence-electron chi connectivity index (χ1n) is 10.8. The van der Waals surface area contributed by atoms with Gasteiger partial charge in [-0.1, -0.05) is 12.1 Å². The van der Waals surface area contributed by atoms with Crippen molar-refractivity contribution in [3.63, 3.8) is 0 Å². The number of aryl methyl sites for hydroxylation is 1. The molecule has 0 spiro atoms. The van der Waals surface area contributed by atoms with Crippen molar-refractivity contribution in [2.45, 2.75) is 31.9 Å². The Labute approximate surface area is 191 Å². The molecule has 33 heavy (non-hydrogen) atoms. The molecule has 1 saturated carbocycles. The fourth-order valence-corrected chi connectivity index (χ4v) is 3.91.